The van der Waals surface area contributed by atoms with Gasteiger partial charge in [-0.05, 0) is 102 Å². The van der Waals surface area contributed by atoms with Gasteiger partial charge in [-0.2, -0.15) is 0 Å². The molecule has 0 saturated heterocycles. The van der Waals surface area contributed by atoms with E-state index in [1.807, 2.05) is 0 Å². The zero-order valence-electron chi connectivity index (χ0n) is 34.2. The minimum atomic E-state index is -0.484. The van der Waals surface area contributed by atoms with Crippen molar-refractivity contribution in [2.24, 2.45) is 0 Å². The van der Waals surface area contributed by atoms with Gasteiger partial charge >= 0.3 is 0 Å². The second kappa shape index (κ2) is 12.9. The number of para-hydroxylation sites is 3. The average Bonchev–Trinajstić information content (AvgIpc) is 3.99. The van der Waals surface area contributed by atoms with Crippen molar-refractivity contribution in [1.82, 2.24) is 0 Å². The Morgan fingerprint density at radius 3 is 1.41 bits per heavy atom. The summed E-state index contributed by atoms with van der Waals surface area (Å²) in [5.41, 5.74) is 17.2. The van der Waals surface area contributed by atoms with Gasteiger partial charge in [0.05, 0.1) is 16.8 Å². The number of hydrogen-bond donors (Lipinski definition) is 0. The Morgan fingerprint density at radius 2 is 0.746 bits per heavy atom. The highest BCUT2D eigenvalue weighted by Gasteiger charge is 2.51. The molecule has 0 atom stereocenters. The predicted octanol–water partition coefficient (Wildman–Crippen LogP) is 16.5. The zero-order valence-corrected chi connectivity index (χ0v) is 34.2. The molecule has 0 bridgehead atoms. The third-order valence-electron chi connectivity index (χ3n) is 14.1. The molecule has 0 unspecified atom stereocenters. The van der Waals surface area contributed by atoms with Crippen molar-refractivity contribution in [3.63, 3.8) is 0 Å². The van der Waals surface area contributed by atoms with E-state index in [9.17, 15) is 0 Å². The van der Waals surface area contributed by atoms with Gasteiger partial charge < -0.3 is 9.32 Å². The maximum Gasteiger partial charge on any atom is 0.143 e. The summed E-state index contributed by atoms with van der Waals surface area (Å²) in [5.74, 6) is 0. The first-order valence-corrected chi connectivity index (χ1v) is 21.8. The minimum absolute atomic E-state index is 0.484. The molecule has 0 saturated carbocycles. The molecule has 2 nitrogen and oxygen atoms in total. The standard InChI is InChI=1S/C61H37NO/c1-2-18-41-39(17-1)40-19-3-4-25-48(40)59-49(41)26-16-33-57(59)62(56-32-13-8-23-46(56)50-27-15-28-51-47-24-9-14-34-58(47)63-60(50)51)38-35-36-45-44-22-7-12-31-54(44)61(55(45)37-38)52-29-10-5-20-42(52)43-21-6-11-30-53(43)61/h1-37H. The average molecular weight is 800 g/mol. The third-order valence-corrected chi connectivity index (χ3v) is 14.1. The van der Waals surface area contributed by atoms with E-state index in [-0.39, 0.29) is 0 Å². The number of rotatable bonds is 4. The molecule has 1 heterocycles. The Hall–Kier alpha value is -8.20. The van der Waals surface area contributed by atoms with Gasteiger partial charge in [0.15, 0.2) is 0 Å². The van der Waals surface area contributed by atoms with E-state index in [0.29, 0.717) is 0 Å². The molecule has 14 rings (SSSR count). The second-order valence-corrected chi connectivity index (χ2v) is 17.0. The number of nitrogens with zero attached hydrogens (tertiary/aromatic N) is 1. The summed E-state index contributed by atoms with van der Waals surface area (Å²) >= 11 is 0. The molecule has 63 heavy (non-hydrogen) atoms. The molecule has 292 valence electrons. The summed E-state index contributed by atoms with van der Waals surface area (Å²) in [6, 6.07) is 82.9. The number of anilines is 3. The lowest BCUT2D eigenvalue weighted by molar-refractivity contribution is 0.670. The molecule has 0 amide bonds. The Morgan fingerprint density at radius 1 is 0.302 bits per heavy atom. The lowest BCUT2D eigenvalue weighted by Crippen LogP contribution is -2.26. The van der Waals surface area contributed by atoms with Crippen LogP contribution in [0.3, 0.4) is 0 Å². The van der Waals surface area contributed by atoms with Crippen molar-refractivity contribution in [3.05, 3.63) is 247 Å². The summed E-state index contributed by atoms with van der Waals surface area (Å²) in [6.45, 7) is 0. The molecule has 2 heteroatoms. The molecule has 1 aromatic heterocycles. The van der Waals surface area contributed by atoms with Gasteiger partial charge in [-0.15, -0.1) is 0 Å². The summed E-state index contributed by atoms with van der Waals surface area (Å²) in [4.78, 5) is 2.53. The number of benzene rings is 11. The third kappa shape index (κ3) is 4.57. The Labute approximate surface area is 364 Å². The fraction of sp³-hybridized carbons (Fsp3) is 0.0164. The van der Waals surface area contributed by atoms with E-state index in [0.717, 1.165) is 50.1 Å². The van der Waals surface area contributed by atoms with Crippen LogP contribution in [-0.4, -0.2) is 0 Å². The first-order chi connectivity index (χ1) is 31.3. The maximum atomic E-state index is 6.77. The van der Waals surface area contributed by atoms with Crippen LogP contribution >= 0.6 is 0 Å². The van der Waals surface area contributed by atoms with Gasteiger partial charge in [0.2, 0.25) is 0 Å². The first-order valence-electron chi connectivity index (χ1n) is 21.8. The Bertz CT molecular complexity index is 3780. The van der Waals surface area contributed by atoms with Gasteiger partial charge in [-0.3, -0.25) is 0 Å². The minimum Gasteiger partial charge on any atom is -0.455 e. The van der Waals surface area contributed by atoms with Crippen molar-refractivity contribution in [1.29, 1.82) is 0 Å². The molecule has 0 aliphatic heterocycles. The van der Waals surface area contributed by atoms with E-state index in [1.54, 1.807) is 0 Å². The van der Waals surface area contributed by atoms with Crippen LogP contribution in [0.1, 0.15) is 22.3 Å². The van der Waals surface area contributed by atoms with Crippen molar-refractivity contribution >= 4 is 71.3 Å². The van der Waals surface area contributed by atoms with Crippen LogP contribution in [0, 0.1) is 0 Å². The van der Waals surface area contributed by atoms with Crippen LogP contribution in [0.5, 0.6) is 0 Å². The molecular weight excluding hydrogens is 763 g/mol. The molecule has 2 aliphatic rings. The fourth-order valence-electron chi connectivity index (χ4n) is 11.6. The fourth-order valence-corrected chi connectivity index (χ4v) is 11.6. The normalized spacial score (nSPS) is 13.2. The van der Waals surface area contributed by atoms with E-state index >= 15 is 0 Å². The molecule has 0 N–H and O–H groups in total. The lowest BCUT2D eigenvalue weighted by Gasteiger charge is -2.33. The molecule has 2 aliphatic carbocycles. The molecule has 0 radical (unpaired) electrons. The summed E-state index contributed by atoms with van der Waals surface area (Å²) in [6.07, 6.45) is 0. The second-order valence-electron chi connectivity index (χ2n) is 17.0. The smallest absolute Gasteiger partial charge is 0.143 e. The van der Waals surface area contributed by atoms with Crippen LogP contribution < -0.4 is 4.90 Å². The van der Waals surface area contributed by atoms with Crippen LogP contribution in [-0.2, 0) is 5.41 Å². The van der Waals surface area contributed by atoms with E-state index in [1.165, 1.54) is 76.8 Å². The first kappa shape index (κ1) is 34.5. The lowest BCUT2D eigenvalue weighted by atomic mass is 9.70. The van der Waals surface area contributed by atoms with Crippen molar-refractivity contribution in [2.75, 3.05) is 4.90 Å². The summed E-state index contributed by atoms with van der Waals surface area (Å²) < 4.78 is 6.77. The molecule has 11 aromatic carbocycles. The highest BCUT2D eigenvalue weighted by molar-refractivity contribution is 6.29. The van der Waals surface area contributed by atoms with Gasteiger partial charge in [-0.25, -0.2) is 0 Å². The quantitative estimate of drug-likeness (QED) is 0.165. The highest BCUT2D eigenvalue weighted by atomic mass is 16.3. The highest BCUT2D eigenvalue weighted by Crippen LogP contribution is 2.63. The van der Waals surface area contributed by atoms with Crippen LogP contribution in [0.15, 0.2) is 229 Å². The zero-order chi connectivity index (χ0) is 41.2. The van der Waals surface area contributed by atoms with Crippen LogP contribution in [0.25, 0.3) is 87.6 Å². The van der Waals surface area contributed by atoms with Gasteiger partial charge in [0.25, 0.3) is 0 Å². The van der Waals surface area contributed by atoms with E-state index < -0.39 is 5.41 Å². The predicted molar refractivity (Wildman–Crippen MR) is 263 cm³/mol. The number of hydrogen-bond acceptors (Lipinski definition) is 2. The monoisotopic (exact) mass is 799 g/mol. The number of furan rings is 1. The largest absolute Gasteiger partial charge is 0.455 e. The summed E-state index contributed by atoms with van der Waals surface area (Å²) in [5, 5.41) is 9.67. The number of fused-ring (bicyclic) bond motifs is 19. The van der Waals surface area contributed by atoms with Gasteiger partial charge in [0.1, 0.15) is 11.2 Å². The van der Waals surface area contributed by atoms with E-state index in [2.05, 4.69) is 229 Å². The molecule has 1 spiro atoms. The molecular formula is C61H37NO. The Balaban J connectivity index is 1.11. The molecule has 12 aromatic rings. The van der Waals surface area contributed by atoms with Crippen molar-refractivity contribution < 1.29 is 4.42 Å². The topological polar surface area (TPSA) is 16.4 Å². The van der Waals surface area contributed by atoms with Crippen LogP contribution in [0.2, 0.25) is 0 Å². The Kier molecular flexibility index (Phi) is 7.07. The van der Waals surface area contributed by atoms with Crippen molar-refractivity contribution in [2.45, 2.75) is 5.41 Å². The molecule has 0 fully saturated rings. The van der Waals surface area contributed by atoms with Crippen LogP contribution in [0.4, 0.5) is 17.1 Å². The van der Waals surface area contributed by atoms with Gasteiger partial charge in [0, 0.05) is 33.0 Å². The maximum absolute atomic E-state index is 6.77. The van der Waals surface area contributed by atoms with E-state index in [4.69, 9.17) is 4.42 Å². The summed E-state index contributed by atoms with van der Waals surface area (Å²) in [7, 11) is 0. The SMILES string of the molecule is c1ccc(N(c2ccc3c(c2)C2(c4ccccc4-c4ccccc42)c2ccccc2-3)c2cccc3c4ccccc4c4ccccc4c23)c(-c2cccc3c2oc2ccccc23)c1. The van der Waals surface area contributed by atoms with Crippen molar-refractivity contribution in [3.8, 4) is 33.4 Å². The van der Waals surface area contributed by atoms with Gasteiger partial charge in [-0.1, -0.05) is 194 Å².